The second-order valence-electron chi connectivity index (χ2n) is 4.25. The van der Waals surface area contributed by atoms with Crippen LogP contribution >= 0.6 is 0 Å². The second kappa shape index (κ2) is 5.97. The second-order valence-corrected chi connectivity index (χ2v) is 4.25. The van der Waals surface area contributed by atoms with E-state index in [-0.39, 0.29) is 17.5 Å². The number of carbonyl (C=O) groups is 1. The molecule has 1 aromatic carbocycles. The summed E-state index contributed by atoms with van der Waals surface area (Å²) < 4.78 is 5.08. The van der Waals surface area contributed by atoms with Gasteiger partial charge in [0.1, 0.15) is 5.75 Å². The van der Waals surface area contributed by atoms with Crippen LogP contribution < -0.4 is 10.1 Å². The molecule has 0 aliphatic carbocycles. The Morgan fingerprint density at radius 1 is 1.50 bits per heavy atom. The van der Waals surface area contributed by atoms with Gasteiger partial charge in [-0.05, 0) is 18.1 Å². The highest BCUT2D eigenvalue weighted by atomic mass is 16.5. The lowest BCUT2D eigenvalue weighted by Crippen LogP contribution is -2.24. The molecule has 0 aliphatic rings. The first-order chi connectivity index (χ1) is 8.49. The third-order valence-electron chi connectivity index (χ3n) is 2.61. The number of aromatic carboxylic acids is 1. The number of benzene rings is 1. The van der Waals surface area contributed by atoms with Crippen LogP contribution in [0.3, 0.4) is 0 Å². The summed E-state index contributed by atoms with van der Waals surface area (Å²) >= 11 is 0. The number of nitrogens with one attached hydrogen (secondary N) is 1. The van der Waals surface area contributed by atoms with Crippen LogP contribution in [0, 0.1) is 18.3 Å². The molecule has 0 spiro atoms. The van der Waals surface area contributed by atoms with Gasteiger partial charge in [0.25, 0.3) is 0 Å². The topological polar surface area (TPSA) is 58.6 Å². The number of hydrogen-bond donors (Lipinski definition) is 2. The van der Waals surface area contributed by atoms with Gasteiger partial charge in [-0.2, -0.15) is 0 Å². The van der Waals surface area contributed by atoms with E-state index in [1.165, 1.54) is 13.2 Å². The van der Waals surface area contributed by atoms with Gasteiger partial charge in [0.05, 0.1) is 24.4 Å². The Kier molecular flexibility index (Phi) is 4.61. The van der Waals surface area contributed by atoms with E-state index in [2.05, 4.69) is 11.2 Å². The highest BCUT2D eigenvalue weighted by molar-refractivity contribution is 5.94. The van der Waals surface area contributed by atoms with Crippen LogP contribution in [-0.2, 0) is 0 Å². The Balaban J connectivity index is 3.12. The zero-order valence-corrected chi connectivity index (χ0v) is 10.7. The van der Waals surface area contributed by atoms with Crippen molar-refractivity contribution in [2.45, 2.75) is 19.9 Å². The summed E-state index contributed by atoms with van der Waals surface area (Å²) in [6, 6.07) is 4.51. The maximum absolute atomic E-state index is 11.1. The van der Waals surface area contributed by atoms with Crippen molar-refractivity contribution in [3.8, 4) is 18.1 Å². The van der Waals surface area contributed by atoms with Crippen LogP contribution in [0.2, 0.25) is 0 Å². The molecule has 0 aliphatic heterocycles. The van der Waals surface area contributed by atoms with Gasteiger partial charge >= 0.3 is 5.97 Å². The van der Waals surface area contributed by atoms with Crippen molar-refractivity contribution in [2.75, 3.05) is 12.4 Å². The van der Waals surface area contributed by atoms with E-state index in [0.717, 1.165) is 0 Å². The summed E-state index contributed by atoms with van der Waals surface area (Å²) in [5.74, 6) is 2.39. The SMILES string of the molecule is C#CC(Nc1cc(OC)ccc1C(=O)O)C(C)C. The number of rotatable bonds is 5. The van der Waals surface area contributed by atoms with Crippen molar-refractivity contribution in [3.05, 3.63) is 23.8 Å². The van der Waals surface area contributed by atoms with Gasteiger partial charge in [-0.3, -0.25) is 0 Å². The summed E-state index contributed by atoms with van der Waals surface area (Å²) in [7, 11) is 1.53. The van der Waals surface area contributed by atoms with Gasteiger partial charge in [-0.1, -0.05) is 19.8 Å². The molecule has 0 radical (unpaired) electrons. The third-order valence-corrected chi connectivity index (χ3v) is 2.61. The molecule has 2 N–H and O–H groups in total. The Hall–Kier alpha value is -2.15. The zero-order valence-electron chi connectivity index (χ0n) is 10.7. The van der Waals surface area contributed by atoms with Gasteiger partial charge in [-0.15, -0.1) is 6.42 Å². The molecular formula is C14H17NO3. The first-order valence-electron chi connectivity index (χ1n) is 5.63. The number of carboxylic acids is 1. The maximum Gasteiger partial charge on any atom is 0.337 e. The van der Waals surface area contributed by atoms with Gasteiger partial charge < -0.3 is 15.2 Å². The normalized spacial score (nSPS) is 11.7. The van der Waals surface area contributed by atoms with Gasteiger partial charge in [0, 0.05) is 6.07 Å². The summed E-state index contributed by atoms with van der Waals surface area (Å²) in [4.78, 5) is 11.1. The molecule has 1 atom stereocenters. The lowest BCUT2D eigenvalue weighted by molar-refractivity contribution is 0.0698. The van der Waals surface area contributed by atoms with Crippen LogP contribution in [0.15, 0.2) is 18.2 Å². The predicted molar refractivity (Wildman–Crippen MR) is 71.0 cm³/mol. The summed E-state index contributed by atoms with van der Waals surface area (Å²) in [5.41, 5.74) is 0.648. The van der Waals surface area contributed by atoms with Crippen LogP contribution in [0.4, 0.5) is 5.69 Å². The van der Waals surface area contributed by atoms with Crippen molar-refractivity contribution < 1.29 is 14.6 Å². The minimum Gasteiger partial charge on any atom is -0.497 e. The fourth-order valence-electron chi connectivity index (χ4n) is 1.52. The molecule has 0 heterocycles. The van der Waals surface area contributed by atoms with E-state index in [4.69, 9.17) is 16.3 Å². The molecule has 4 nitrogen and oxygen atoms in total. The molecule has 0 aromatic heterocycles. The number of anilines is 1. The molecule has 1 rings (SSSR count). The van der Waals surface area contributed by atoms with Gasteiger partial charge in [0.15, 0.2) is 0 Å². The van der Waals surface area contributed by atoms with Crippen LogP contribution in [0.25, 0.3) is 0 Å². The monoisotopic (exact) mass is 247 g/mol. The first-order valence-corrected chi connectivity index (χ1v) is 5.63. The lowest BCUT2D eigenvalue weighted by atomic mass is 10.0. The van der Waals surface area contributed by atoms with Crippen molar-refractivity contribution in [2.24, 2.45) is 5.92 Å². The van der Waals surface area contributed by atoms with E-state index in [1.54, 1.807) is 12.1 Å². The van der Waals surface area contributed by atoms with Crippen molar-refractivity contribution in [1.82, 2.24) is 0 Å². The number of hydrogen-bond acceptors (Lipinski definition) is 3. The van der Waals surface area contributed by atoms with Crippen molar-refractivity contribution in [1.29, 1.82) is 0 Å². The molecular weight excluding hydrogens is 230 g/mol. The minimum atomic E-state index is -1.00. The maximum atomic E-state index is 11.1. The number of terminal acetylenes is 1. The average Bonchev–Trinajstić information content (AvgIpc) is 2.34. The third kappa shape index (κ3) is 3.17. The number of methoxy groups -OCH3 is 1. The molecule has 1 unspecified atom stereocenters. The molecule has 0 fully saturated rings. The van der Waals surface area contributed by atoms with E-state index in [1.807, 2.05) is 13.8 Å². The molecule has 96 valence electrons. The van der Waals surface area contributed by atoms with Crippen LogP contribution in [0.5, 0.6) is 5.75 Å². The molecule has 1 aromatic rings. The van der Waals surface area contributed by atoms with Gasteiger partial charge in [-0.25, -0.2) is 4.79 Å². The quantitative estimate of drug-likeness (QED) is 0.785. The van der Waals surface area contributed by atoms with Crippen molar-refractivity contribution >= 4 is 11.7 Å². The highest BCUT2D eigenvalue weighted by Crippen LogP contribution is 2.24. The summed E-state index contributed by atoms with van der Waals surface area (Å²) in [5, 5.41) is 12.2. The highest BCUT2D eigenvalue weighted by Gasteiger charge is 2.16. The first kappa shape index (κ1) is 13.9. The standard InChI is InChI=1S/C14H17NO3/c1-5-12(9(2)3)15-13-8-10(18-4)6-7-11(13)14(16)17/h1,6-9,12,15H,2-4H3,(H,16,17). The Labute approximate surface area is 107 Å². The minimum absolute atomic E-state index is 0.178. The van der Waals surface area contributed by atoms with Gasteiger partial charge in [0.2, 0.25) is 0 Å². The fourth-order valence-corrected chi connectivity index (χ4v) is 1.52. The van der Waals surface area contributed by atoms with E-state index >= 15 is 0 Å². The smallest absolute Gasteiger partial charge is 0.337 e. The molecule has 0 saturated heterocycles. The number of ether oxygens (including phenoxy) is 1. The average molecular weight is 247 g/mol. The Bertz CT molecular complexity index is 474. The summed E-state index contributed by atoms with van der Waals surface area (Å²) in [6.07, 6.45) is 5.43. The Morgan fingerprint density at radius 3 is 2.61 bits per heavy atom. The van der Waals surface area contributed by atoms with E-state index < -0.39 is 5.97 Å². The number of carboxylic acid groups (broad SMARTS) is 1. The Morgan fingerprint density at radius 2 is 2.17 bits per heavy atom. The molecule has 18 heavy (non-hydrogen) atoms. The van der Waals surface area contributed by atoms with E-state index in [0.29, 0.717) is 11.4 Å². The largest absolute Gasteiger partial charge is 0.497 e. The summed E-state index contributed by atoms with van der Waals surface area (Å²) in [6.45, 7) is 3.94. The van der Waals surface area contributed by atoms with Crippen LogP contribution in [-0.4, -0.2) is 24.2 Å². The van der Waals surface area contributed by atoms with E-state index in [9.17, 15) is 4.79 Å². The lowest BCUT2D eigenvalue weighted by Gasteiger charge is -2.19. The fraction of sp³-hybridized carbons (Fsp3) is 0.357. The van der Waals surface area contributed by atoms with Crippen LogP contribution in [0.1, 0.15) is 24.2 Å². The molecule has 0 bridgehead atoms. The predicted octanol–water partition coefficient (Wildman–Crippen LogP) is 2.46. The molecule has 4 heteroatoms. The zero-order chi connectivity index (χ0) is 13.7. The van der Waals surface area contributed by atoms with Crippen molar-refractivity contribution in [3.63, 3.8) is 0 Å². The molecule has 0 saturated carbocycles. The molecule has 0 amide bonds.